The summed E-state index contributed by atoms with van der Waals surface area (Å²) in [5.74, 6) is 0.666. The lowest BCUT2D eigenvalue weighted by molar-refractivity contribution is 0.0329. The molecule has 1 saturated carbocycles. The van der Waals surface area contributed by atoms with Gasteiger partial charge in [-0.1, -0.05) is 0 Å². The van der Waals surface area contributed by atoms with Crippen LogP contribution in [0.25, 0.3) is 10.9 Å². The first-order valence-corrected chi connectivity index (χ1v) is 13.2. The maximum atomic E-state index is 14.1. The Labute approximate surface area is 193 Å². The highest BCUT2D eigenvalue weighted by atomic mass is 32.2. The van der Waals surface area contributed by atoms with E-state index in [-0.39, 0.29) is 18.0 Å². The van der Waals surface area contributed by atoms with Crippen LogP contribution >= 0.6 is 0 Å². The molecule has 1 N–H and O–H groups in total. The van der Waals surface area contributed by atoms with Crippen molar-refractivity contribution in [3.05, 3.63) is 48.0 Å². The van der Waals surface area contributed by atoms with E-state index in [1.807, 2.05) is 13.0 Å². The molecule has 1 aliphatic carbocycles. The van der Waals surface area contributed by atoms with Gasteiger partial charge in [-0.3, -0.25) is 0 Å². The number of rotatable bonds is 6. The zero-order chi connectivity index (χ0) is 23.6. The van der Waals surface area contributed by atoms with E-state index in [0.717, 1.165) is 36.6 Å². The van der Waals surface area contributed by atoms with Crippen LogP contribution in [0, 0.1) is 12.7 Å². The zero-order valence-corrected chi connectivity index (χ0v) is 20.1. The largest absolute Gasteiger partial charge is 0.488 e. The van der Waals surface area contributed by atoms with Gasteiger partial charge in [-0.25, -0.2) is 18.6 Å². The third kappa shape index (κ3) is 5.78. The summed E-state index contributed by atoms with van der Waals surface area (Å²) in [7, 11) is -0.564. The molecule has 1 heterocycles. The van der Waals surface area contributed by atoms with Gasteiger partial charge in [0.2, 0.25) is 0 Å². The van der Waals surface area contributed by atoms with Gasteiger partial charge < -0.3 is 14.8 Å². The molecule has 3 aromatic rings. The number of aromatic nitrogens is 2. The Morgan fingerprint density at radius 2 is 1.82 bits per heavy atom. The van der Waals surface area contributed by atoms with E-state index in [1.54, 1.807) is 31.8 Å². The Kier molecular flexibility index (Phi) is 6.81. The minimum absolute atomic E-state index is 0.00439. The molecule has 0 amide bonds. The summed E-state index contributed by atoms with van der Waals surface area (Å²) in [6.07, 6.45) is 8.46. The Hall–Kier alpha value is -2.78. The molecule has 0 radical (unpaired) electrons. The van der Waals surface area contributed by atoms with Crippen LogP contribution in [0.4, 0.5) is 21.6 Å². The molecule has 0 unspecified atom stereocenters. The molecule has 1 fully saturated rings. The lowest BCUT2D eigenvalue weighted by Crippen LogP contribution is -2.27. The van der Waals surface area contributed by atoms with Crippen LogP contribution in [0.1, 0.15) is 31.2 Å². The highest BCUT2D eigenvalue weighted by molar-refractivity contribution is 7.92. The van der Waals surface area contributed by atoms with E-state index in [4.69, 9.17) is 9.47 Å². The SMILES string of the molecule is COC1CCC(Oc2cc(F)ccc2Nc2ncnc3cc(N=S(C)(C)=O)cc(C)c23)CC1. The zero-order valence-electron chi connectivity index (χ0n) is 19.3. The van der Waals surface area contributed by atoms with E-state index in [0.29, 0.717) is 28.5 Å². The van der Waals surface area contributed by atoms with Crippen LogP contribution in [-0.4, -0.2) is 46.0 Å². The molecule has 33 heavy (non-hydrogen) atoms. The molecule has 0 spiro atoms. The first-order chi connectivity index (χ1) is 15.7. The molecule has 0 saturated heterocycles. The molecule has 0 bridgehead atoms. The number of halogens is 1. The average molecular weight is 473 g/mol. The number of hydrogen-bond acceptors (Lipinski definition) is 7. The maximum Gasteiger partial charge on any atom is 0.146 e. The number of aryl methyl sites for hydroxylation is 1. The number of nitrogens with zero attached hydrogens (tertiary/aromatic N) is 3. The number of anilines is 2. The van der Waals surface area contributed by atoms with Gasteiger partial charge in [-0.2, -0.15) is 4.36 Å². The fourth-order valence-electron chi connectivity index (χ4n) is 4.16. The summed E-state index contributed by atoms with van der Waals surface area (Å²) < 4.78 is 42.1. The number of fused-ring (bicyclic) bond motifs is 1. The third-order valence-electron chi connectivity index (χ3n) is 5.69. The summed E-state index contributed by atoms with van der Waals surface area (Å²) in [4.78, 5) is 8.80. The van der Waals surface area contributed by atoms with Crippen molar-refractivity contribution in [3.63, 3.8) is 0 Å². The average Bonchev–Trinajstić information content (AvgIpc) is 2.75. The number of methoxy groups -OCH3 is 1. The summed E-state index contributed by atoms with van der Waals surface area (Å²) in [6, 6.07) is 8.10. The van der Waals surface area contributed by atoms with Crippen molar-refractivity contribution in [1.82, 2.24) is 9.97 Å². The van der Waals surface area contributed by atoms with Gasteiger partial charge >= 0.3 is 0 Å². The summed E-state index contributed by atoms with van der Waals surface area (Å²) >= 11 is 0. The van der Waals surface area contributed by atoms with Gasteiger partial charge in [0.15, 0.2) is 0 Å². The van der Waals surface area contributed by atoms with Crippen molar-refractivity contribution in [1.29, 1.82) is 0 Å². The second-order valence-electron chi connectivity index (χ2n) is 8.67. The van der Waals surface area contributed by atoms with Crippen molar-refractivity contribution >= 4 is 37.8 Å². The van der Waals surface area contributed by atoms with Crippen LogP contribution in [0.15, 0.2) is 41.0 Å². The van der Waals surface area contributed by atoms with Crippen molar-refractivity contribution in [2.75, 3.05) is 24.9 Å². The second-order valence-corrected chi connectivity index (χ2v) is 11.2. The van der Waals surface area contributed by atoms with Gasteiger partial charge in [0, 0.05) is 40.8 Å². The number of nitrogens with one attached hydrogen (secondary N) is 1. The smallest absolute Gasteiger partial charge is 0.146 e. The first-order valence-electron chi connectivity index (χ1n) is 10.9. The number of hydrogen-bond donors (Lipinski definition) is 1. The molecule has 9 heteroatoms. The van der Waals surface area contributed by atoms with Crippen LogP contribution in [0.3, 0.4) is 0 Å². The maximum absolute atomic E-state index is 14.1. The number of ether oxygens (including phenoxy) is 2. The van der Waals surface area contributed by atoms with Crippen LogP contribution < -0.4 is 10.1 Å². The van der Waals surface area contributed by atoms with Crippen molar-refractivity contribution < 1.29 is 18.1 Å². The van der Waals surface area contributed by atoms with Gasteiger partial charge in [0.25, 0.3) is 0 Å². The summed E-state index contributed by atoms with van der Waals surface area (Å²) in [6.45, 7) is 1.93. The Morgan fingerprint density at radius 1 is 1.09 bits per heavy atom. The molecule has 1 aromatic heterocycles. The van der Waals surface area contributed by atoms with Crippen LogP contribution in [0.2, 0.25) is 0 Å². The minimum atomic E-state index is -2.29. The molecule has 4 rings (SSSR count). The van der Waals surface area contributed by atoms with Crippen LogP contribution in [-0.2, 0) is 14.5 Å². The fourth-order valence-corrected chi connectivity index (χ4v) is 4.78. The molecular weight excluding hydrogens is 443 g/mol. The molecular formula is C24H29FN4O3S. The van der Waals surface area contributed by atoms with Gasteiger partial charge in [-0.15, -0.1) is 0 Å². The van der Waals surface area contributed by atoms with Crippen molar-refractivity contribution in [2.45, 2.75) is 44.8 Å². The van der Waals surface area contributed by atoms with Gasteiger partial charge in [0.1, 0.15) is 23.7 Å². The molecule has 1 aliphatic rings. The van der Waals surface area contributed by atoms with E-state index in [9.17, 15) is 8.60 Å². The van der Waals surface area contributed by atoms with Gasteiger partial charge in [-0.05, 0) is 62.4 Å². The number of benzene rings is 2. The molecule has 7 nitrogen and oxygen atoms in total. The molecule has 0 aliphatic heterocycles. The highest BCUT2D eigenvalue weighted by Gasteiger charge is 2.23. The lowest BCUT2D eigenvalue weighted by atomic mass is 9.95. The van der Waals surface area contributed by atoms with Crippen LogP contribution in [0.5, 0.6) is 5.75 Å². The van der Waals surface area contributed by atoms with Crippen molar-refractivity contribution in [3.8, 4) is 5.75 Å². The highest BCUT2D eigenvalue weighted by Crippen LogP contribution is 2.35. The summed E-state index contributed by atoms with van der Waals surface area (Å²) in [5, 5.41) is 4.12. The fraction of sp³-hybridized carbons (Fsp3) is 0.417. The standard InChI is InChI=1S/C24H29FN4O3S/c1-15-11-17(29-33(3,4)30)13-21-23(15)24(27-14-26-21)28-20-10-5-16(25)12-22(20)32-19-8-6-18(31-2)7-9-19/h5,10-14,18-19H,6-9H2,1-4H3,(H,26,27,28). The predicted octanol–water partition coefficient (Wildman–Crippen LogP) is 5.52. The Morgan fingerprint density at radius 3 is 2.52 bits per heavy atom. The van der Waals surface area contributed by atoms with E-state index in [2.05, 4.69) is 19.6 Å². The Balaban J connectivity index is 1.65. The normalized spacial score (nSPS) is 18.8. The molecule has 176 valence electrons. The monoisotopic (exact) mass is 472 g/mol. The third-order valence-corrected chi connectivity index (χ3v) is 6.34. The second kappa shape index (κ2) is 9.61. The first kappa shape index (κ1) is 23.4. The quantitative estimate of drug-likeness (QED) is 0.509. The van der Waals surface area contributed by atoms with E-state index in [1.165, 1.54) is 18.5 Å². The predicted molar refractivity (Wildman–Crippen MR) is 130 cm³/mol. The Bertz CT molecular complexity index is 1270. The topological polar surface area (TPSA) is 85.7 Å². The lowest BCUT2D eigenvalue weighted by Gasteiger charge is -2.28. The van der Waals surface area contributed by atoms with Gasteiger partial charge in [0.05, 0.1) is 29.1 Å². The molecule has 0 atom stereocenters. The van der Waals surface area contributed by atoms with E-state index < -0.39 is 9.73 Å². The van der Waals surface area contributed by atoms with E-state index >= 15 is 0 Å². The summed E-state index contributed by atoms with van der Waals surface area (Å²) in [5.41, 5.74) is 2.80. The minimum Gasteiger partial charge on any atom is -0.488 e. The van der Waals surface area contributed by atoms with Crippen molar-refractivity contribution in [2.24, 2.45) is 4.36 Å². The molecule has 2 aromatic carbocycles.